The Bertz CT molecular complexity index is 240. The van der Waals surface area contributed by atoms with Crippen LogP contribution in [0.25, 0.3) is 0 Å². The molecule has 0 aromatic carbocycles. The van der Waals surface area contributed by atoms with Crippen LogP contribution < -0.4 is 0 Å². The summed E-state index contributed by atoms with van der Waals surface area (Å²) in [6, 6.07) is 0. The zero-order chi connectivity index (χ0) is 13.3. The molecule has 0 bridgehead atoms. The van der Waals surface area contributed by atoms with Gasteiger partial charge in [0.1, 0.15) is 0 Å². The summed E-state index contributed by atoms with van der Waals surface area (Å²) in [5.41, 5.74) is 0.723. The predicted molar refractivity (Wildman–Crippen MR) is 82.3 cm³/mol. The monoisotopic (exact) mass is 267 g/mol. The Morgan fingerprint density at radius 2 is 1.28 bits per heavy atom. The molecule has 2 aliphatic carbocycles. The number of thiocarbonyl (C=S) groups is 1. The van der Waals surface area contributed by atoms with E-state index in [-0.39, 0.29) is 0 Å². The van der Waals surface area contributed by atoms with Gasteiger partial charge in [0.25, 0.3) is 0 Å². The Morgan fingerprint density at radius 3 is 1.72 bits per heavy atom. The molecule has 104 valence electrons. The third-order valence-corrected chi connectivity index (χ3v) is 5.09. The lowest BCUT2D eigenvalue weighted by molar-refractivity contribution is 0.139. The van der Waals surface area contributed by atoms with Gasteiger partial charge in [0, 0.05) is 0 Å². The number of hydrogen-bond donors (Lipinski definition) is 1. The molecule has 0 aromatic rings. The summed E-state index contributed by atoms with van der Waals surface area (Å²) in [5, 5.41) is 7.36. The summed E-state index contributed by atoms with van der Waals surface area (Å²) in [6.45, 7) is 2.61. The van der Waals surface area contributed by atoms with Crippen LogP contribution in [0, 0.1) is 16.7 Å². The molecular formula is C16H29NS. The molecule has 0 spiro atoms. The second kappa shape index (κ2) is 8.82. The molecule has 0 aromatic heterocycles. The van der Waals surface area contributed by atoms with E-state index < -0.39 is 0 Å². The largest absolute Gasteiger partial charge is 0.248 e. The first-order valence-electron chi connectivity index (χ1n) is 7.77. The highest BCUT2D eigenvalue weighted by molar-refractivity contribution is 7.78. The van der Waals surface area contributed by atoms with Crippen LogP contribution in [0.15, 0.2) is 0 Å². The molecule has 0 radical (unpaired) electrons. The van der Waals surface area contributed by atoms with Gasteiger partial charge in [-0.15, -0.1) is 0 Å². The van der Waals surface area contributed by atoms with Crippen LogP contribution in [0.5, 0.6) is 0 Å². The van der Waals surface area contributed by atoms with Crippen molar-refractivity contribution in [1.82, 2.24) is 0 Å². The minimum atomic E-state index is 0.723. The average Bonchev–Trinajstić information content (AvgIpc) is 2.73. The molecule has 0 atom stereocenters. The highest BCUT2D eigenvalue weighted by atomic mass is 32.1. The molecule has 18 heavy (non-hydrogen) atoms. The van der Waals surface area contributed by atoms with Crippen molar-refractivity contribution in [2.24, 2.45) is 11.3 Å². The Kier molecular flexibility index (Phi) is 7.77. The van der Waals surface area contributed by atoms with Crippen molar-refractivity contribution in [2.45, 2.75) is 84.0 Å². The van der Waals surface area contributed by atoms with Gasteiger partial charge in [-0.1, -0.05) is 58.3 Å². The molecule has 0 unspecified atom stereocenters. The molecule has 0 heterocycles. The highest BCUT2D eigenvalue weighted by Gasteiger charge is 2.34. The van der Waals surface area contributed by atoms with Gasteiger partial charge in [0.05, 0.1) is 5.16 Å². The zero-order valence-corrected chi connectivity index (χ0v) is 12.8. The third-order valence-electron chi connectivity index (χ3n) is 5.09. The Hall–Kier alpha value is -0.200. The predicted octanol–water partition coefficient (Wildman–Crippen LogP) is 5.99. The van der Waals surface area contributed by atoms with E-state index in [1.165, 1.54) is 77.0 Å². The van der Waals surface area contributed by atoms with Crippen molar-refractivity contribution in [1.29, 1.82) is 5.41 Å². The van der Waals surface area contributed by atoms with Gasteiger partial charge in [-0.3, -0.25) is 0 Å². The van der Waals surface area contributed by atoms with Crippen LogP contribution in [0.4, 0.5) is 0 Å². The number of hydrogen-bond acceptors (Lipinski definition) is 2. The fourth-order valence-corrected chi connectivity index (χ4v) is 3.92. The highest BCUT2D eigenvalue weighted by Crippen LogP contribution is 2.46. The summed E-state index contributed by atoms with van der Waals surface area (Å²) >= 11 is 3.81. The third kappa shape index (κ3) is 5.20. The normalized spacial score (nSPS) is 24.9. The van der Waals surface area contributed by atoms with E-state index in [0.717, 1.165) is 11.3 Å². The van der Waals surface area contributed by atoms with Crippen molar-refractivity contribution < 1.29 is 0 Å². The molecule has 2 saturated carbocycles. The summed E-state index contributed by atoms with van der Waals surface area (Å²) in [7, 11) is 0. The van der Waals surface area contributed by atoms with Crippen molar-refractivity contribution in [3.63, 3.8) is 0 Å². The van der Waals surface area contributed by atoms with Crippen LogP contribution in [-0.2, 0) is 0 Å². The summed E-state index contributed by atoms with van der Waals surface area (Å²) in [5.74, 6) is 1.07. The van der Waals surface area contributed by atoms with Gasteiger partial charge in [-0.2, -0.15) is 0 Å². The Balaban J connectivity index is 0.000000492. The minimum Gasteiger partial charge on any atom is -0.248 e. The van der Waals surface area contributed by atoms with Crippen molar-refractivity contribution in [2.75, 3.05) is 0 Å². The van der Waals surface area contributed by atoms with Crippen LogP contribution in [-0.4, -0.2) is 5.16 Å². The summed E-state index contributed by atoms with van der Waals surface area (Å²) in [4.78, 5) is 0. The van der Waals surface area contributed by atoms with Gasteiger partial charge >= 0.3 is 0 Å². The van der Waals surface area contributed by atoms with E-state index >= 15 is 0 Å². The van der Waals surface area contributed by atoms with Crippen molar-refractivity contribution >= 4 is 17.4 Å². The molecule has 2 fully saturated rings. The van der Waals surface area contributed by atoms with E-state index in [1.807, 2.05) is 0 Å². The Labute approximate surface area is 118 Å². The molecular weight excluding hydrogens is 238 g/mol. The molecule has 2 aliphatic rings. The maximum Gasteiger partial charge on any atom is 0.0554 e. The fraction of sp³-hybridized carbons (Fsp3) is 0.938. The molecule has 0 saturated heterocycles. The second-order valence-electron chi connectivity index (χ2n) is 6.36. The van der Waals surface area contributed by atoms with E-state index in [9.17, 15) is 0 Å². The number of isothiocyanates is 1. The van der Waals surface area contributed by atoms with Crippen molar-refractivity contribution in [3.05, 3.63) is 0 Å². The second-order valence-corrected chi connectivity index (χ2v) is 6.56. The standard InChI is InChI=1S/C15H28.CHNS/c1-15(12-8-4-5-9-13-15)14-10-6-2-3-7-11-14;2-1-3/h14H,2-13H2,1H3;2H. The van der Waals surface area contributed by atoms with Crippen LogP contribution in [0.3, 0.4) is 0 Å². The molecule has 1 nitrogen and oxygen atoms in total. The van der Waals surface area contributed by atoms with Crippen LogP contribution in [0.1, 0.15) is 84.0 Å². The Morgan fingerprint density at radius 1 is 0.889 bits per heavy atom. The lowest BCUT2D eigenvalue weighted by Crippen LogP contribution is -2.26. The summed E-state index contributed by atoms with van der Waals surface area (Å²) in [6.07, 6.45) is 18.2. The van der Waals surface area contributed by atoms with Crippen LogP contribution in [0.2, 0.25) is 0 Å². The van der Waals surface area contributed by atoms with Gasteiger partial charge < -0.3 is 0 Å². The lowest BCUT2D eigenvalue weighted by atomic mass is 9.68. The SMILES string of the molecule is CC1(C2CCCCCC2)CCCCCC1.N=C=S. The first-order valence-corrected chi connectivity index (χ1v) is 8.17. The first kappa shape index (κ1) is 15.9. The van der Waals surface area contributed by atoms with Gasteiger partial charge in [-0.05, 0) is 49.2 Å². The fourth-order valence-electron chi connectivity index (χ4n) is 3.92. The summed E-state index contributed by atoms with van der Waals surface area (Å²) < 4.78 is 0. The van der Waals surface area contributed by atoms with E-state index in [0.29, 0.717) is 0 Å². The topological polar surface area (TPSA) is 23.9 Å². The molecule has 2 heteroatoms. The van der Waals surface area contributed by atoms with Gasteiger partial charge in [-0.25, -0.2) is 5.41 Å². The van der Waals surface area contributed by atoms with Crippen LogP contribution >= 0.6 is 12.2 Å². The molecule has 2 rings (SSSR count). The quantitative estimate of drug-likeness (QED) is 0.352. The minimum absolute atomic E-state index is 0.723. The molecule has 0 aliphatic heterocycles. The van der Waals surface area contributed by atoms with Gasteiger partial charge in [0.15, 0.2) is 0 Å². The lowest BCUT2D eigenvalue weighted by Gasteiger charge is -2.37. The van der Waals surface area contributed by atoms with E-state index in [2.05, 4.69) is 19.1 Å². The van der Waals surface area contributed by atoms with Gasteiger partial charge in [0.2, 0.25) is 0 Å². The number of nitrogens with one attached hydrogen (secondary N) is 1. The average molecular weight is 267 g/mol. The zero-order valence-electron chi connectivity index (χ0n) is 12.0. The van der Waals surface area contributed by atoms with Crippen molar-refractivity contribution in [3.8, 4) is 0 Å². The number of rotatable bonds is 1. The molecule has 1 N–H and O–H groups in total. The van der Waals surface area contributed by atoms with E-state index in [1.54, 1.807) is 5.16 Å². The smallest absolute Gasteiger partial charge is 0.0554 e. The first-order chi connectivity index (χ1) is 8.73. The van der Waals surface area contributed by atoms with E-state index in [4.69, 9.17) is 5.41 Å². The molecule has 0 amide bonds. The maximum absolute atomic E-state index is 5.77. The maximum atomic E-state index is 5.77.